The van der Waals surface area contributed by atoms with Crippen LogP contribution in [0.25, 0.3) is 0 Å². The third kappa shape index (κ3) is 2.40. The van der Waals surface area contributed by atoms with Crippen LogP contribution in [0.15, 0.2) is 60.7 Å². The van der Waals surface area contributed by atoms with Gasteiger partial charge in [0.15, 0.2) is 0 Å². The molecule has 2 aromatic carbocycles. The number of carbonyl (C=O) groups is 1. The molecule has 1 fully saturated rings. The summed E-state index contributed by atoms with van der Waals surface area (Å²) < 4.78 is 0.778. The van der Waals surface area contributed by atoms with Crippen LogP contribution in [0.5, 0.6) is 0 Å². The zero-order valence-corrected chi connectivity index (χ0v) is 12.8. The van der Waals surface area contributed by atoms with Gasteiger partial charge in [0.25, 0.3) is 0 Å². The number of quaternary nitrogens is 1. The summed E-state index contributed by atoms with van der Waals surface area (Å²) in [5.41, 5.74) is 1.78. The average molecular weight is 280 g/mol. The number of hydrogen-bond donors (Lipinski definition) is 0. The first-order valence-corrected chi connectivity index (χ1v) is 7.51. The number of hydrogen-bond acceptors (Lipinski definition) is 1. The van der Waals surface area contributed by atoms with Crippen molar-refractivity contribution in [2.75, 3.05) is 27.2 Å². The van der Waals surface area contributed by atoms with E-state index in [9.17, 15) is 4.79 Å². The minimum absolute atomic E-state index is 0.330. The van der Waals surface area contributed by atoms with E-state index in [0.717, 1.165) is 28.6 Å². The highest BCUT2D eigenvalue weighted by Gasteiger charge is 2.48. The Bertz CT molecular complexity index is 592. The summed E-state index contributed by atoms with van der Waals surface area (Å²) in [5, 5.41) is 0. The number of benzene rings is 2. The topological polar surface area (TPSA) is 17.1 Å². The molecular formula is C19H22NO+. The predicted octanol–water partition coefficient (Wildman–Crippen LogP) is 3.02. The SMILES string of the molecule is C[N+]1(C)CCC(c2ccccc2)(c2ccccc2)C(=O)C1. The van der Waals surface area contributed by atoms with Crippen molar-refractivity contribution in [1.82, 2.24) is 0 Å². The van der Waals surface area contributed by atoms with E-state index in [-0.39, 0.29) is 0 Å². The largest absolute Gasteiger partial charge is 0.322 e. The maximum absolute atomic E-state index is 13.1. The molecule has 2 heteroatoms. The summed E-state index contributed by atoms with van der Waals surface area (Å²) in [4.78, 5) is 13.1. The van der Waals surface area contributed by atoms with Gasteiger partial charge in [-0.05, 0) is 11.1 Å². The molecule has 0 radical (unpaired) electrons. The van der Waals surface area contributed by atoms with Crippen molar-refractivity contribution < 1.29 is 9.28 Å². The summed E-state index contributed by atoms with van der Waals surface area (Å²) in [6.07, 6.45) is 0.868. The average Bonchev–Trinajstić information content (AvgIpc) is 2.49. The Morgan fingerprint density at radius 3 is 1.76 bits per heavy atom. The van der Waals surface area contributed by atoms with Gasteiger partial charge < -0.3 is 4.48 Å². The van der Waals surface area contributed by atoms with Crippen LogP contribution in [0.1, 0.15) is 17.5 Å². The monoisotopic (exact) mass is 280 g/mol. The molecule has 3 rings (SSSR count). The zero-order chi connectivity index (χ0) is 14.9. The highest BCUT2D eigenvalue weighted by atomic mass is 16.1. The van der Waals surface area contributed by atoms with E-state index in [1.807, 2.05) is 36.4 Å². The van der Waals surface area contributed by atoms with Crippen LogP contribution in [0.3, 0.4) is 0 Å². The molecule has 0 saturated carbocycles. The maximum Gasteiger partial charge on any atom is 0.201 e. The Hall–Kier alpha value is -1.93. The van der Waals surface area contributed by atoms with Crippen LogP contribution >= 0.6 is 0 Å². The molecule has 1 aliphatic rings. The molecule has 108 valence electrons. The Morgan fingerprint density at radius 2 is 1.33 bits per heavy atom. The first kappa shape index (κ1) is 14.0. The number of Topliss-reactive ketones (excluding diaryl/α,β-unsaturated/α-hetero) is 1. The minimum Gasteiger partial charge on any atom is -0.322 e. The van der Waals surface area contributed by atoms with Gasteiger partial charge in [-0.1, -0.05) is 60.7 Å². The molecule has 21 heavy (non-hydrogen) atoms. The zero-order valence-electron chi connectivity index (χ0n) is 12.8. The van der Waals surface area contributed by atoms with Crippen molar-refractivity contribution in [3.05, 3.63) is 71.8 Å². The Balaban J connectivity index is 2.16. The third-order valence-electron chi connectivity index (χ3n) is 4.67. The highest BCUT2D eigenvalue weighted by molar-refractivity contribution is 5.95. The number of piperidine rings is 1. The van der Waals surface area contributed by atoms with Gasteiger partial charge in [-0.15, -0.1) is 0 Å². The summed E-state index contributed by atoms with van der Waals surface area (Å²) in [5.74, 6) is 0.330. The van der Waals surface area contributed by atoms with Crippen LogP contribution < -0.4 is 0 Å². The molecule has 0 bridgehead atoms. The fourth-order valence-corrected chi connectivity index (χ4v) is 3.44. The van der Waals surface area contributed by atoms with Gasteiger partial charge in [-0.25, -0.2) is 0 Å². The molecule has 0 atom stereocenters. The minimum atomic E-state index is -0.476. The second-order valence-electron chi connectivity index (χ2n) is 6.63. The Labute approximate surface area is 126 Å². The highest BCUT2D eigenvalue weighted by Crippen LogP contribution is 2.40. The van der Waals surface area contributed by atoms with Crippen LogP contribution in [0.2, 0.25) is 0 Å². The molecule has 2 aromatic rings. The maximum atomic E-state index is 13.1. The summed E-state index contributed by atoms with van der Waals surface area (Å²) in [7, 11) is 4.27. The number of nitrogens with zero attached hydrogens (tertiary/aromatic N) is 1. The fourth-order valence-electron chi connectivity index (χ4n) is 3.44. The molecule has 1 saturated heterocycles. The summed E-state index contributed by atoms with van der Waals surface area (Å²) in [6.45, 7) is 1.60. The molecule has 0 unspecified atom stereocenters. The lowest BCUT2D eigenvalue weighted by molar-refractivity contribution is -0.885. The second kappa shape index (κ2) is 5.12. The lowest BCUT2D eigenvalue weighted by atomic mass is 9.67. The molecule has 0 spiro atoms. The smallest absolute Gasteiger partial charge is 0.201 e. The van der Waals surface area contributed by atoms with Gasteiger partial charge >= 0.3 is 0 Å². The van der Waals surface area contributed by atoms with Gasteiger partial charge in [0.05, 0.1) is 26.1 Å². The molecule has 0 N–H and O–H groups in total. The second-order valence-corrected chi connectivity index (χ2v) is 6.63. The molecule has 0 aromatic heterocycles. The van der Waals surface area contributed by atoms with Gasteiger partial charge in [0, 0.05) is 6.42 Å². The lowest BCUT2D eigenvalue weighted by Crippen LogP contribution is -2.57. The summed E-state index contributed by atoms with van der Waals surface area (Å²) in [6, 6.07) is 20.5. The van der Waals surface area contributed by atoms with Crippen LogP contribution in [0.4, 0.5) is 0 Å². The van der Waals surface area contributed by atoms with Crippen LogP contribution in [-0.2, 0) is 10.2 Å². The normalized spacial score (nSPS) is 20.2. The van der Waals surface area contributed by atoms with E-state index >= 15 is 0 Å². The molecule has 0 aliphatic carbocycles. The Morgan fingerprint density at radius 1 is 0.857 bits per heavy atom. The van der Waals surface area contributed by atoms with Crippen molar-refractivity contribution in [1.29, 1.82) is 0 Å². The standard InChI is InChI=1S/C19H22NO/c1-20(2)14-13-19(18(21)15-20,16-9-5-3-6-10-16)17-11-7-4-8-12-17/h3-12H,13-15H2,1-2H3/q+1. The van der Waals surface area contributed by atoms with Gasteiger partial charge in [-0.3, -0.25) is 4.79 Å². The van der Waals surface area contributed by atoms with Gasteiger partial charge in [0.1, 0.15) is 6.54 Å². The molecule has 0 amide bonds. The van der Waals surface area contributed by atoms with Crippen molar-refractivity contribution in [3.8, 4) is 0 Å². The molecule has 2 nitrogen and oxygen atoms in total. The first-order valence-electron chi connectivity index (χ1n) is 7.51. The fraction of sp³-hybridized carbons (Fsp3) is 0.316. The Kier molecular flexibility index (Phi) is 3.42. The number of ketones is 1. The van der Waals surface area contributed by atoms with E-state index in [4.69, 9.17) is 0 Å². The lowest BCUT2D eigenvalue weighted by Gasteiger charge is -2.43. The molecular weight excluding hydrogens is 258 g/mol. The number of likely N-dealkylation sites (tertiary alicyclic amines) is 1. The third-order valence-corrected chi connectivity index (χ3v) is 4.67. The number of likely N-dealkylation sites (N-methyl/N-ethyl adjacent to an activating group) is 1. The first-order chi connectivity index (χ1) is 10.0. The molecule has 1 aliphatic heterocycles. The van der Waals surface area contributed by atoms with Crippen molar-refractivity contribution >= 4 is 5.78 Å². The van der Waals surface area contributed by atoms with E-state index < -0.39 is 5.41 Å². The van der Waals surface area contributed by atoms with E-state index in [1.54, 1.807) is 0 Å². The van der Waals surface area contributed by atoms with Crippen molar-refractivity contribution in [3.63, 3.8) is 0 Å². The molecule has 1 heterocycles. The van der Waals surface area contributed by atoms with E-state index in [1.165, 1.54) is 0 Å². The van der Waals surface area contributed by atoms with Gasteiger partial charge in [0.2, 0.25) is 5.78 Å². The van der Waals surface area contributed by atoms with E-state index in [2.05, 4.69) is 38.4 Å². The number of rotatable bonds is 2. The number of carbonyl (C=O) groups excluding carboxylic acids is 1. The van der Waals surface area contributed by atoms with Crippen molar-refractivity contribution in [2.45, 2.75) is 11.8 Å². The predicted molar refractivity (Wildman–Crippen MR) is 85.1 cm³/mol. The summed E-state index contributed by atoms with van der Waals surface area (Å²) >= 11 is 0. The quantitative estimate of drug-likeness (QED) is 0.773. The van der Waals surface area contributed by atoms with Crippen molar-refractivity contribution in [2.24, 2.45) is 0 Å². The van der Waals surface area contributed by atoms with Gasteiger partial charge in [-0.2, -0.15) is 0 Å². The van der Waals surface area contributed by atoms with E-state index in [0.29, 0.717) is 12.3 Å². The van der Waals surface area contributed by atoms with Crippen LogP contribution in [-0.4, -0.2) is 37.5 Å². The van der Waals surface area contributed by atoms with Crippen LogP contribution in [0, 0.1) is 0 Å².